The van der Waals surface area contributed by atoms with E-state index >= 15 is 0 Å². The van der Waals surface area contributed by atoms with Crippen LogP contribution in [0.5, 0.6) is 0 Å². The Bertz CT molecular complexity index is 141. The predicted octanol–water partition coefficient (Wildman–Crippen LogP) is 1.60. The summed E-state index contributed by atoms with van der Waals surface area (Å²) in [5.74, 6) is 0. The molecule has 0 aliphatic heterocycles. The monoisotopic (exact) mass is 234 g/mol. The molecule has 0 rings (SSSR count). The van der Waals surface area contributed by atoms with Gasteiger partial charge in [-0.15, -0.1) is 0 Å². The van der Waals surface area contributed by atoms with Crippen LogP contribution in [-0.2, 0) is 14.2 Å². The summed E-state index contributed by atoms with van der Waals surface area (Å²) in [5, 5.41) is 9.04. The summed E-state index contributed by atoms with van der Waals surface area (Å²) in [4.78, 5) is 0. The van der Waals surface area contributed by atoms with E-state index in [9.17, 15) is 0 Å². The van der Waals surface area contributed by atoms with Crippen LogP contribution >= 0.6 is 0 Å². The van der Waals surface area contributed by atoms with E-state index in [1.807, 2.05) is 27.7 Å². The molecular formula is C12H26O4. The van der Waals surface area contributed by atoms with Gasteiger partial charge >= 0.3 is 0 Å². The van der Waals surface area contributed by atoms with Crippen molar-refractivity contribution in [3.05, 3.63) is 0 Å². The lowest BCUT2D eigenvalue weighted by molar-refractivity contribution is -0.0761. The number of hydrogen-bond donors (Lipinski definition) is 1. The largest absolute Gasteiger partial charge is 0.391 e. The first-order valence-corrected chi connectivity index (χ1v) is 5.94. The molecule has 16 heavy (non-hydrogen) atoms. The SMILES string of the molecule is CC(C)OC[C@@H](C)OC[C@H](C)OC[C@@H](C)O. The van der Waals surface area contributed by atoms with Gasteiger partial charge in [-0.05, 0) is 34.6 Å². The van der Waals surface area contributed by atoms with Gasteiger partial charge in [-0.25, -0.2) is 0 Å². The van der Waals surface area contributed by atoms with Crippen LogP contribution < -0.4 is 0 Å². The molecule has 0 unspecified atom stereocenters. The highest BCUT2D eigenvalue weighted by atomic mass is 16.6. The fourth-order valence-electron chi connectivity index (χ4n) is 1.03. The van der Waals surface area contributed by atoms with Crippen LogP contribution in [0.3, 0.4) is 0 Å². The summed E-state index contributed by atoms with van der Waals surface area (Å²) in [7, 11) is 0. The lowest BCUT2D eigenvalue weighted by atomic mass is 10.4. The Hall–Kier alpha value is -0.160. The Morgan fingerprint density at radius 2 is 1.19 bits per heavy atom. The minimum atomic E-state index is -0.427. The zero-order chi connectivity index (χ0) is 12.6. The van der Waals surface area contributed by atoms with Crippen LogP contribution in [0.2, 0.25) is 0 Å². The third-order valence-electron chi connectivity index (χ3n) is 1.90. The van der Waals surface area contributed by atoms with Crippen LogP contribution in [0.15, 0.2) is 0 Å². The molecule has 0 aromatic rings. The lowest BCUT2D eigenvalue weighted by Gasteiger charge is -2.19. The van der Waals surface area contributed by atoms with Crippen LogP contribution in [-0.4, -0.2) is 49.3 Å². The van der Waals surface area contributed by atoms with E-state index in [1.165, 1.54) is 0 Å². The molecule has 0 aromatic heterocycles. The highest BCUT2D eigenvalue weighted by Gasteiger charge is 2.08. The van der Waals surface area contributed by atoms with Crippen molar-refractivity contribution in [2.75, 3.05) is 19.8 Å². The molecule has 4 heteroatoms. The molecule has 0 spiro atoms. The van der Waals surface area contributed by atoms with Crippen molar-refractivity contribution < 1.29 is 19.3 Å². The highest BCUT2D eigenvalue weighted by molar-refractivity contribution is 4.54. The van der Waals surface area contributed by atoms with Gasteiger partial charge in [-0.3, -0.25) is 0 Å². The van der Waals surface area contributed by atoms with Crippen molar-refractivity contribution in [2.24, 2.45) is 0 Å². The van der Waals surface area contributed by atoms with Crippen molar-refractivity contribution in [2.45, 2.75) is 59.0 Å². The molecule has 0 aromatic carbocycles. The van der Waals surface area contributed by atoms with Gasteiger partial charge in [0.1, 0.15) is 0 Å². The number of rotatable bonds is 9. The Morgan fingerprint density at radius 1 is 0.750 bits per heavy atom. The average Bonchev–Trinajstić information content (AvgIpc) is 2.20. The van der Waals surface area contributed by atoms with Gasteiger partial charge in [0.15, 0.2) is 0 Å². The Kier molecular flexibility index (Phi) is 8.84. The molecule has 0 saturated heterocycles. The van der Waals surface area contributed by atoms with Crippen molar-refractivity contribution in [1.82, 2.24) is 0 Å². The number of aliphatic hydroxyl groups excluding tert-OH is 1. The fraction of sp³-hybridized carbons (Fsp3) is 1.00. The third kappa shape index (κ3) is 10.4. The zero-order valence-electron chi connectivity index (χ0n) is 11.1. The van der Waals surface area contributed by atoms with Gasteiger partial charge in [0.2, 0.25) is 0 Å². The molecule has 98 valence electrons. The van der Waals surface area contributed by atoms with Gasteiger partial charge < -0.3 is 19.3 Å². The summed E-state index contributed by atoms with van der Waals surface area (Å²) in [5.41, 5.74) is 0. The summed E-state index contributed by atoms with van der Waals surface area (Å²) in [6.45, 7) is 11.1. The first-order valence-electron chi connectivity index (χ1n) is 5.94. The summed E-state index contributed by atoms with van der Waals surface area (Å²) in [6, 6.07) is 0. The molecular weight excluding hydrogens is 208 g/mol. The maximum Gasteiger partial charge on any atom is 0.0781 e. The standard InChI is InChI=1S/C12H26O4/c1-9(2)14-7-11(4)16-8-12(5)15-6-10(3)13/h9-13H,6-8H2,1-5H3/t10-,11-,12+/m1/s1. The van der Waals surface area contributed by atoms with Gasteiger partial charge in [-0.1, -0.05) is 0 Å². The molecule has 0 saturated carbocycles. The molecule has 1 N–H and O–H groups in total. The summed E-state index contributed by atoms with van der Waals surface area (Å²) < 4.78 is 16.3. The van der Waals surface area contributed by atoms with Gasteiger partial charge in [0.05, 0.1) is 44.2 Å². The first kappa shape index (κ1) is 15.8. The molecule has 3 atom stereocenters. The topological polar surface area (TPSA) is 47.9 Å². The van der Waals surface area contributed by atoms with Crippen molar-refractivity contribution in [1.29, 1.82) is 0 Å². The molecule has 0 radical (unpaired) electrons. The molecule has 0 heterocycles. The van der Waals surface area contributed by atoms with Crippen molar-refractivity contribution >= 4 is 0 Å². The average molecular weight is 234 g/mol. The summed E-state index contributed by atoms with van der Waals surface area (Å²) in [6.07, 6.45) is -0.129. The minimum Gasteiger partial charge on any atom is -0.391 e. The van der Waals surface area contributed by atoms with Gasteiger partial charge in [0.25, 0.3) is 0 Å². The van der Waals surface area contributed by atoms with E-state index in [4.69, 9.17) is 19.3 Å². The Morgan fingerprint density at radius 3 is 1.62 bits per heavy atom. The summed E-state index contributed by atoms with van der Waals surface area (Å²) >= 11 is 0. The Labute approximate surface area is 98.9 Å². The third-order valence-corrected chi connectivity index (χ3v) is 1.90. The molecule has 4 nitrogen and oxygen atoms in total. The molecule has 0 amide bonds. The maximum absolute atomic E-state index is 9.04. The molecule has 0 aliphatic carbocycles. The minimum absolute atomic E-state index is 0.00361. The van der Waals surface area contributed by atoms with Crippen LogP contribution in [0.4, 0.5) is 0 Å². The molecule has 0 fully saturated rings. The second-order valence-corrected chi connectivity index (χ2v) is 4.52. The van der Waals surface area contributed by atoms with E-state index in [0.717, 1.165) is 0 Å². The van der Waals surface area contributed by atoms with E-state index in [1.54, 1.807) is 6.92 Å². The van der Waals surface area contributed by atoms with Crippen molar-refractivity contribution in [3.8, 4) is 0 Å². The van der Waals surface area contributed by atoms with Gasteiger partial charge in [-0.2, -0.15) is 0 Å². The predicted molar refractivity (Wildman–Crippen MR) is 63.6 cm³/mol. The smallest absolute Gasteiger partial charge is 0.0781 e. The van der Waals surface area contributed by atoms with E-state index in [-0.39, 0.29) is 18.3 Å². The van der Waals surface area contributed by atoms with Crippen LogP contribution in [0.1, 0.15) is 34.6 Å². The van der Waals surface area contributed by atoms with E-state index < -0.39 is 6.10 Å². The lowest BCUT2D eigenvalue weighted by Crippen LogP contribution is -2.26. The zero-order valence-corrected chi connectivity index (χ0v) is 11.1. The van der Waals surface area contributed by atoms with Crippen molar-refractivity contribution in [3.63, 3.8) is 0 Å². The quantitative estimate of drug-likeness (QED) is 0.658. The Balaban J connectivity index is 3.47. The molecule has 0 bridgehead atoms. The van der Waals surface area contributed by atoms with E-state index in [0.29, 0.717) is 19.8 Å². The number of aliphatic hydroxyl groups is 1. The van der Waals surface area contributed by atoms with E-state index in [2.05, 4.69) is 0 Å². The molecule has 0 aliphatic rings. The van der Waals surface area contributed by atoms with Crippen LogP contribution in [0, 0.1) is 0 Å². The second-order valence-electron chi connectivity index (χ2n) is 4.52. The fourth-order valence-corrected chi connectivity index (χ4v) is 1.03. The maximum atomic E-state index is 9.04. The van der Waals surface area contributed by atoms with Crippen LogP contribution in [0.25, 0.3) is 0 Å². The number of ether oxygens (including phenoxy) is 3. The number of hydrogen-bond acceptors (Lipinski definition) is 4. The highest BCUT2D eigenvalue weighted by Crippen LogP contribution is 2.00. The van der Waals surface area contributed by atoms with Gasteiger partial charge in [0, 0.05) is 0 Å². The second kappa shape index (κ2) is 8.93. The first-order chi connectivity index (χ1) is 7.41. The normalized spacial score (nSPS) is 17.4.